The van der Waals surface area contributed by atoms with Crippen LogP contribution in [-0.4, -0.2) is 20.9 Å². The van der Waals surface area contributed by atoms with Crippen LogP contribution in [0.2, 0.25) is 0 Å². The van der Waals surface area contributed by atoms with Gasteiger partial charge in [0.05, 0.1) is 5.69 Å². The van der Waals surface area contributed by atoms with E-state index in [1.54, 1.807) is 42.9 Å². The van der Waals surface area contributed by atoms with Crippen molar-refractivity contribution >= 4 is 11.6 Å². The van der Waals surface area contributed by atoms with Gasteiger partial charge in [0.25, 0.3) is 5.91 Å². The number of rotatable bonds is 6. The average Bonchev–Trinajstić information content (AvgIpc) is 3.31. The number of nitrogens with one attached hydrogen (secondary N) is 2. The van der Waals surface area contributed by atoms with Crippen molar-refractivity contribution in [2.45, 2.75) is 20.5 Å². The molecule has 2 aromatic heterocycles. The average molecular weight is 398 g/mol. The van der Waals surface area contributed by atoms with Crippen LogP contribution in [0.3, 0.4) is 0 Å². The van der Waals surface area contributed by atoms with Gasteiger partial charge >= 0.3 is 0 Å². The predicted molar refractivity (Wildman–Crippen MR) is 116 cm³/mol. The first-order valence-corrected chi connectivity index (χ1v) is 9.66. The molecule has 6 heteroatoms. The van der Waals surface area contributed by atoms with E-state index in [1.807, 2.05) is 44.2 Å². The number of amides is 1. The topological polar surface area (TPSA) is 79.9 Å². The Morgan fingerprint density at radius 2 is 1.83 bits per heavy atom. The lowest BCUT2D eigenvalue weighted by Gasteiger charge is -2.15. The number of pyridine rings is 1. The normalized spacial score (nSPS) is 10.6. The molecule has 6 nitrogen and oxygen atoms in total. The molecular formula is C24H22N4O2. The molecule has 150 valence electrons. The lowest BCUT2D eigenvalue weighted by atomic mass is 10.0. The summed E-state index contributed by atoms with van der Waals surface area (Å²) in [5.74, 6) is 1.29. The molecule has 0 atom stereocenters. The van der Waals surface area contributed by atoms with E-state index in [0.717, 1.165) is 33.9 Å². The van der Waals surface area contributed by atoms with E-state index in [2.05, 4.69) is 20.3 Å². The number of aromatic amines is 1. The third-order valence-corrected chi connectivity index (χ3v) is 4.89. The number of nitrogens with zero attached hydrogens (tertiary/aromatic N) is 2. The first-order chi connectivity index (χ1) is 14.6. The van der Waals surface area contributed by atoms with Crippen LogP contribution < -0.4 is 10.1 Å². The van der Waals surface area contributed by atoms with Crippen molar-refractivity contribution in [2.24, 2.45) is 0 Å². The highest BCUT2D eigenvalue weighted by atomic mass is 16.5. The number of aryl methyl sites for hydroxylation is 1. The first-order valence-electron chi connectivity index (χ1n) is 9.66. The van der Waals surface area contributed by atoms with Gasteiger partial charge in [-0.2, -0.15) is 0 Å². The minimum atomic E-state index is -0.172. The Bertz CT molecular complexity index is 1140. The van der Waals surface area contributed by atoms with Crippen LogP contribution in [0.5, 0.6) is 5.75 Å². The van der Waals surface area contributed by atoms with Crippen LogP contribution >= 0.6 is 0 Å². The minimum Gasteiger partial charge on any atom is -0.487 e. The number of aromatic nitrogens is 3. The number of hydrogen-bond acceptors (Lipinski definition) is 4. The van der Waals surface area contributed by atoms with E-state index >= 15 is 0 Å². The Labute approximate surface area is 175 Å². The van der Waals surface area contributed by atoms with Gasteiger partial charge in [-0.25, -0.2) is 4.98 Å². The molecule has 1 amide bonds. The standard InChI is InChI=1S/C24H22N4O2/c1-16-6-11-21(23-26-13-14-27-23)17(2)22(16)28-24(29)18-7-9-20(10-8-18)30-15-19-5-3-4-12-25-19/h3-14H,15H2,1-2H3,(H,26,27)(H,28,29). The number of ether oxygens (including phenoxy) is 1. The Morgan fingerprint density at radius 1 is 1.00 bits per heavy atom. The third kappa shape index (κ3) is 4.22. The molecule has 4 rings (SSSR count). The number of imidazole rings is 1. The first kappa shape index (κ1) is 19.4. The molecule has 0 fully saturated rings. The van der Waals surface area contributed by atoms with Gasteiger partial charge in [0.2, 0.25) is 0 Å². The largest absolute Gasteiger partial charge is 0.487 e. The summed E-state index contributed by atoms with van der Waals surface area (Å²) in [5.41, 5.74) is 5.12. The fourth-order valence-corrected chi connectivity index (χ4v) is 3.24. The zero-order valence-electron chi connectivity index (χ0n) is 16.8. The molecule has 2 N–H and O–H groups in total. The number of carbonyl (C=O) groups excluding carboxylic acids is 1. The van der Waals surface area contributed by atoms with Crippen LogP contribution in [-0.2, 0) is 6.61 Å². The molecule has 0 unspecified atom stereocenters. The molecular weight excluding hydrogens is 376 g/mol. The van der Waals surface area contributed by atoms with Crippen molar-refractivity contribution in [3.05, 3.63) is 95.6 Å². The Morgan fingerprint density at radius 3 is 2.53 bits per heavy atom. The Kier molecular flexibility index (Phi) is 5.57. The van der Waals surface area contributed by atoms with Gasteiger partial charge in [0.15, 0.2) is 0 Å². The maximum atomic E-state index is 12.8. The molecule has 0 aliphatic carbocycles. The van der Waals surface area contributed by atoms with E-state index in [1.165, 1.54) is 0 Å². The number of benzene rings is 2. The maximum Gasteiger partial charge on any atom is 0.255 e. The summed E-state index contributed by atoms with van der Waals surface area (Å²) in [6.45, 7) is 4.34. The predicted octanol–water partition coefficient (Wildman–Crippen LogP) is 4.92. The highest BCUT2D eigenvalue weighted by molar-refractivity contribution is 6.05. The molecule has 0 aliphatic rings. The molecule has 0 radical (unpaired) electrons. The molecule has 4 aromatic rings. The van der Waals surface area contributed by atoms with Gasteiger partial charge in [-0.15, -0.1) is 0 Å². The van der Waals surface area contributed by atoms with Crippen molar-refractivity contribution < 1.29 is 9.53 Å². The summed E-state index contributed by atoms with van der Waals surface area (Å²) in [6, 6.07) is 16.8. The number of carbonyl (C=O) groups is 1. The fourth-order valence-electron chi connectivity index (χ4n) is 3.24. The van der Waals surface area contributed by atoms with Crippen LogP contribution in [0.1, 0.15) is 27.2 Å². The van der Waals surface area contributed by atoms with Crippen molar-refractivity contribution in [3.63, 3.8) is 0 Å². The van der Waals surface area contributed by atoms with Crippen LogP contribution in [0.15, 0.2) is 73.2 Å². The molecule has 0 aliphatic heterocycles. The van der Waals surface area contributed by atoms with Crippen LogP contribution in [0.25, 0.3) is 11.4 Å². The van der Waals surface area contributed by atoms with E-state index in [0.29, 0.717) is 17.9 Å². The van der Waals surface area contributed by atoms with Gasteiger partial charge in [0.1, 0.15) is 18.2 Å². The number of anilines is 1. The summed E-state index contributed by atoms with van der Waals surface area (Å²) in [6.07, 6.45) is 5.23. The van der Waals surface area contributed by atoms with Crippen molar-refractivity contribution in [1.82, 2.24) is 15.0 Å². The summed E-state index contributed by atoms with van der Waals surface area (Å²) in [4.78, 5) is 24.5. The Balaban J connectivity index is 1.47. The smallest absolute Gasteiger partial charge is 0.255 e. The molecule has 0 saturated heterocycles. The van der Waals surface area contributed by atoms with Crippen molar-refractivity contribution in [3.8, 4) is 17.1 Å². The molecule has 30 heavy (non-hydrogen) atoms. The number of H-pyrrole nitrogens is 1. The van der Waals surface area contributed by atoms with Gasteiger partial charge in [-0.3, -0.25) is 9.78 Å². The second-order valence-corrected chi connectivity index (χ2v) is 6.96. The molecule has 0 bridgehead atoms. The van der Waals surface area contributed by atoms with E-state index in [-0.39, 0.29) is 5.91 Å². The SMILES string of the molecule is Cc1ccc(-c2ncc[nH]2)c(C)c1NC(=O)c1ccc(OCc2ccccn2)cc1. The minimum absolute atomic E-state index is 0.172. The quantitative estimate of drug-likeness (QED) is 0.483. The molecule has 2 aromatic carbocycles. The van der Waals surface area contributed by atoms with Crippen LogP contribution in [0.4, 0.5) is 5.69 Å². The van der Waals surface area contributed by atoms with Crippen LogP contribution in [0, 0.1) is 13.8 Å². The summed E-state index contributed by atoms with van der Waals surface area (Å²) >= 11 is 0. The van der Waals surface area contributed by atoms with Gasteiger partial charge in [-0.05, 0) is 61.4 Å². The maximum absolute atomic E-state index is 12.8. The highest BCUT2D eigenvalue weighted by Crippen LogP contribution is 2.29. The third-order valence-electron chi connectivity index (χ3n) is 4.89. The Hall–Kier alpha value is -3.93. The lowest BCUT2D eigenvalue weighted by molar-refractivity contribution is 0.102. The summed E-state index contributed by atoms with van der Waals surface area (Å²) < 4.78 is 5.74. The summed E-state index contributed by atoms with van der Waals surface area (Å²) in [7, 11) is 0. The van der Waals surface area contributed by atoms with Gasteiger partial charge in [0, 0.05) is 35.4 Å². The monoisotopic (exact) mass is 398 g/mol. The second-order valence-electron chi connectivity index (χ2n) is 6.96. The fraction of sp³-hybridized carbons (Fsp3) is 0.125. The summed E-state index contributed by atoms with van der Waals surface area (Å²) in [5, 5.41) is 3.04. The molecule has 2 heterocycles. The van der Waals surface area contributed by atoms with E-state index < -0.39 is 0 Å². The zero-order chi connectivity index (χ0) is 20.9. The van der Waals surface area contributed by atoms with Gasteiger partial charge in [-0.1, -0.05) is 18.2 Å². The van der Waals surface area contributed by atoms with Crippen molar-refractivity contribution in [1.29, 1.82) is 0 Å². The number of hydrogen-bond donors (Lipinski definition) is 2. The highest BCUT2D eigenvalue weighted by Gasteiger charge is 2.14. The lowest BCUT2D eigenvalue weighted by Crippen LogP contribution is -2.14. The van der Waals surface area contributed by atoms with Crippen molar-refractivity contribution in [2.75, 3.05) is 5.32 Å². The molecule has 0 spiro atoms. The van der Waals surface area contributed by atoms with Gasteiger partial charge < -0.3 is 15.0 Å². The van der Waals surface area contributed by atoms with E-state index in [9.17, 15) is 4.79 Å². The van der Waals surface area contributed by atoms with E-state index in [4.69, 9.17) is 4.74 Å². The second kappa shape index (κ2) is 8.61. The zero-order valence-corrected chi connectivity index (χ0v) is 16.8. The molecule has 0 saturated carbocycles.